The minimum Gasteiger partial charge on any atom is -0.382 e. The summed E-state index contributed by atoms with van der Waals surface area (Å²) in [5.41, 5.74) is 5.90. The van der Waals surface area contributed by atoms with Gasteiger partial charge in [0, 0.05) is 18.2 Å². The second kappa shape index (κ2) is 8.53. The third kappa shape index (κ3) is 6.25. The lowest BCUT2D eigenvalue weighted by molar-refractivity contribution is -0.117. The molecule has 0 spiro atoms. The van der Waals surface area contributed by atoms with Gasteiger partial charge in [-0.1, -0.05) is 25.1 Å². The molecule has 18 heavy (non-hydrogen) atoms. The molecule has 1 aliphatic heterocycles. The molecule has 1 aromatic rings. The molecule has 0 unspecified atom stereocenters. The minimum atomic E-state index is -0.245. The van der Waals surface area contributed by atoms with Gasteiger partial charge in [-0.25, -0.2) is 0 Å². The summed E-state index contributed by atoms with van der Waals surface area (Å²) in [5.74, 6) is -0.245. The quantitative estimate of drug-likeness (QED) is 0.764. The molecule has 0 aliphatic carbocycles. The number of hydrogen-bond donors (Lipinski definition) is 3. The molecule has 2 rings (SSSR count). The van der Waals surface area contributed by atoms with Crippen molar-refractivity contribution in [3.05, 3.63) is 30.3 Å². The fraction of sp³-hybridized carbons (Fsp3) is 0.500. The molecule has 0 radical (unpaired) electrons. The summed E-state index contributed by atoms with van der Waals surface area (Å²) in [6, 6.07) is 11.1. The van der Waals surface area contributed by atoms with Crippen LogP contribution >= 0.6 is 0 Å². The molecule has 1 amide bonds. The van der Waals surface area contributed by atoms with E-state index < -0.39 is 0 Å². The van der Waals surface area contributed by atoms with Crippen LogP contribution in [0.15, 0.2) is 30.3 Å². The normalized spacial score (nSPS) is 15.4. The second-order valence-corrected chi connectivity index (χ2v) is 4.35. The number of amides is 1. The van der Waals surface area contributed by atoms with Gasteiger partial charge in [0.05, 0.1) is 0 Å². The van der Waals surface area contributed by atoms with Gasteiger partial charge >= 0.3 is 0 Å². The van der Waals surface area contributed by atoms with E-state index in [1.807, 2.05) is 6.07 Å². The van der Waals surface area contributed by atoms with Crippen molar-refractivity contribution >= 4 is 11.6 Å². The summed E-state index contributed by atoms with van der Waals surface area (Å²) < 4.78 is 0. The fourth-order valence-corrected chi connectivity index (χ4v) is 1.74. The lowest BCUT2D eigenvalue weighted by Gasteiger charge is -2.24. The molecule has 0 bridgehead atoms. The molecule has 1 aromatic carbocycles. The summed E-state index contributed by atoms with van der Waals surface area (Å²) >= 11 is 0. The van der Waals surface area contributed by atoms with Crippen molar-refractivity contribution in [1.29, 1.82) is 0 Å². The highest BCUT2D eigenvalue weighted by Crippen LogP contribution is 2.12. The monoisotopic (exact) mass is 249 g/mol. The van der Waals surface area contributed by atoms with Gasteiger partial charge in [0.15, 0.2) is 0 Å². The van der Waals surface area contributed by atoms with E-state index in [4.69, 9.17) is 0 Å². The molecule has 0 atom stereocenters. The average molecular weight is 249 g/mol. The predicted molar refractivity (Wildman–Crippen MR) is 75.4 cm³/mol. The van der Waals surface area contributed by atoms with E-state index in [0.717, 1.165) is 13.1 Å². The smallest absolute Gasteiger partial charge is 0.217 e. The predicted octanol–water partition coefficient (Wildman–Crippen LogP) is 1.73. The Balaban J connectivity index is 0.000000280. The Bertz CT molecular complexity index is 334. The first-order valence-electron chi connectivity index (χ1n) is 6.53. The molecular formula is C14H23N3O. The van der Waals surface area contributed by atoms with Crippen LogP contribution in [0.4, 0.5) is 5.69 Å². The average Bonchev–Trinajstić information content (AvgIpc) is 2.42. The Labute approximate surface area is 109 Å². The van der Waals surface area contributed by atoms with E-state index in [0.29, 0.717) is 12.5 Å². The van der Waals surface area contributed by atoms with Crippen LogP contribution in [0.3, 0.4) is 0 Å². The number of carbonyl (C=O) groups is 1. The van der Waals surface area contributed by atoms with Crippen molar-refractivity contribution in [3.8, 4) is 0 Å². The molecule has 0 aromatic heterocycles. The van der Waals surface area contributed by atoms with E-state index in [-0.39, 0.29) is 5.91 Å². The zero-order valence-corrected chi connectivity index (χ0v) is 11.0. The van der Waals surface area contributed by atoms with Gasteiger partial charge in [0.25, 0.3) is 0 Å². The molecular weight excluding hydrogens is 226 g/mol. The molecule has 4 nitrogen and oxygen atoms in total. The van der Waals surface area contributed by atoms with Gasteiger partial charge in [0.2, 0.25) is 5.91 Å². The van der Waals surface area contributed by atoms with Crippen LogP contribution in [-0.4, -0.2) is 25.0 Å². The van der Waals surface area contributed by atoms with E-state index in [2.05, 4.69) is 40.6 Å². The van der Waals surface area contributed by atoms with Gasteiger partial charge in [-0.15, -0.1) is 0 Å². The molecule has 0 saturated carbocycles. The number of carbonyl (C=O) groups excluding carboxylic acids is 1. The number of nitrogens with two attached hydrogens (primary N) is 1. The molecule has 100 valence electrons. The number of nitrogens with one attached hydrogen (secondary N) is 2. The Morgan fingerprint density at radius 2 is 1.89 bits per heavy atom. The van der Waals surface area contributed by atoms with Crippen LogP contribution in [0.25, 0.3) is 0 Å². The Morgan fingerprint density at radius 3 is 2.39 bits per heavy atom. The summed E-state index contributed by atoms with van der Waals surface area (Å²) in [7, 11) is 0. The van der Waals surface area contributed by atoms with Crippen molar-refractivity contribution in [2.45, 2.75) is 32.2 Å². The van der Waals surface area contributed by atoms with E-state index in [9.17, 15) is 4.79 Å². The maximum atomic E-state index is 9.59. The molecule has 1 heterocycles. The molecule has 4 N–H and O–H groups in total. The van der Waals surface area contributed by atoms with Gasteiger partial charge in [-0.2, -0.15) is 0 Å². The van der Waals surface area contributed by atoms with E-state index in [1.54, 1.807) is 6.92 Å². The van der Waals surface area contributed by atoms with Crippen molar-refractivity contribution in [1.82, 2.24) is 5.32 Å². The van der Waals surface area contributed by atoms with Crippen molar-refractivity contribution in [2.24, 2.45) is 5.73 Å². The maximum Gasteiger partial charge on any atom is 0.217 e. The van der Waals surface area contributed by atoms with Gasteiger partial charge < -0.3 is 16.4 Å². The van der Waals surface area contributed by atoms with E-state index >= 15 is 0 Å². The van der Waals surface area contributed by atoms with Gasteiger partial charge in [-0.3, -0.25) is 4.79 Å². The third-order valence-electron chi connectivity index (χ3n) is 2.83. The Kier molecular flexibility index (Phi) is 6.87. The van der Waals surface area contributed by atoms with Crippen molar-refractivity contribution in [3.63, 3.8) is 0 Å². The second-order valence-electron chi connectivity index (χ2n) is 4.35. The van der Waals surface area contributed by atoms with Crippen LogP contribution in [0.5, 0.6) is 0 Å². The first-order valence-corrected chi connectivity index (χ1v) is 6.53. The number of piperidine rings is 1. The summed E-state index contributed by atoms with van der Waals surface area (Å²) in [5, 5.41) is 6.90. The maximum absolute atomic E-state index is 9.59. The first-order chi connectivity index (χ1) is 8.72. The zero-order valence-electron chi connectivity index (χ0n) is 11.0. The summed E-state index contributed by atoms with van der Waals surface area (Å²) in [4.78, 5) is 9.59. The zero-order chi connectivity index (χ0) is 13.2. The van der Waals surface area contributed by atoms with Gasteiger partial charge in [0.1, 0.15) is 0 Å². The molecule has 4 heteroatoms. The minimum absolute atomic E-state index is 0.245. The highest BCUT2D eigenvalue weighted by atomic mass is 16.1. The van der Waals surface area contributed by atoms with Crippen LogP contribution < -0.4 is 16.4 Å². The third-order valence-corrected chi connectivity index (χ3v) is 2.83. The van der Waals surface area contributed by atoms with Gasteiger partial charge in [-0.05, 0) is 38.1 Å². The van der Waals surface area contributed by atoms with Crippen molar-refractivity contribution in [2.75, 3.05) is 18.4 Å². The summed E-state index contributed by atoms with van der Waals surface area (Å²) in [6.45, 7) is 4.01. The number of benzene rings is 1. The molecule has 1 saturated heterocycles. The number of rotatable bonds is 3. The lowest BCUT2D eigenvalue weighted by atomic mass is 10.1. The Morgan fingerprint density at radius 1 is 1.33 bits per heavy atom. The largest absolute Gasteiger partial charge is 0.382 e. The number of anilines is 1. The number of hydrogen-bond acceptors (Lipinski definition) is 3. The standard InChI is InChI=1S/C11H16N2.C3H7NO/c1-2-4-10(5-3-1)13-11-6-8-12-9-7-11;1-2-3(4)5/h1-5,11-13H,6-9H2;2H2,1H3,(H2,4,5). The SMILES string of the molecule is CCC(N)=O.c1ccc(NC2CCNCC2)cc1. The lowest BCUT2D eigenvalue weighted by Crippen LogP contribution is -2.35. The topological polar surface area (TPSA) is 67.2 Å². The van der Waals surface area contributed by atoms with E-state index in [1.165, 1.54) is 18.5 Å². The number of primary amides is 1. The van der Waals surface area contributed by atoms with Crippen molar-refractivity contribution < 1.29 is 4.79 Å². The first kappa shape index (κ1) is 14.5. The highest BCUT2D eigenvalue weighted by Gasteiger charge is 2.11. The van der Waals surface area contributed by atoms with Crippen LogP contribution in [0, 0.1) is 0 Å². The molecule has 1 aliphatic rings. The highest BCUT2D eigenvalue weighted by molar-refractivity contribution is 5.73. The van der Waals surface area contributed by atoms with Crippen LogP contribution in [0.2, 0.25) is 0 Å². The van der Waals surface area contributed by atoms with Crippen LogP contribution in [-0.2, 0) is 4.79 Å². The summed E-state index contributed by atoms with van der Waals surface area (Å²) in [6.07, 6.45) is 2.91. The number of para-hydroxylation sites is 1. The molecule has 1 fully saturated rings. The fourth-order valence-electron chi connectivity index (χ4n) is 1.74. The van der Waals surface area contributed by atoms with Crippen LogP contribution in [0.1, 0.15) is 26.2 Å². The Hall–Kier alpha value is -1.55.